The number of nitrogens with one attached hydrogen (secondary N) is 1. The van der Waals surface area contributed by atoms with Crippen molar-refractivity contribution in [1.82, 2.24) is 10.2 Å². The molecule has 0 aliphatic heterocycles. The van der Waals surface area contributed by atoms with Crippen LogP contribution in [0.3, 0.4) is 0 Å². The highest BCUT2D eigenvalue weighted by molar-refractivity contribution is 7.92. The van der Waals surface area contributed by atoms with Crippen molar-refractivity contribution in [2.24, 2.45) is 0 Å². The fraction of sp³-hybridized carbons (Fsp3) is 0.257. The Morgan fingerprint density at radius 3 is 2.13 bits per heavy atom. The molecular formula is C35H37Cl2N3O4S. The molecule has 0 saturated heterocycles. The van der Waals surface area contributed by atoms with Gasteiger partial charge in [0, 0.05) is 29.6 Å². The first-order valence-electron chi connectivity index (χ1n) is 14.8. The molecule has 7 nitrogen and oxygen atoms in total. The molecule has 0 radical (unpaired) electrons. The summed E-state index contributed by atoms with van der Waals surface area (Å²) in [5.74, 6) is -0.902. The first kappa shape index (κ1) is 34.0. The van der Waals surface area contributed by atoms with Crippen molar-refractivity contribution in [3.8, 4) is 0 Å². The summed E-state index contributed by atoms with van der Waals surface area (Å²) >= 11 is 13.0. The Morgan fingerprint density at radius 1 is 0.844 bits per heavy atom. The Kier molecular flexibility index (Phi) is 12.0. The Labute approximate surface area is 275 Å². The van der Waals surface area contributed by atoms with Crippen molar-refractivity contribution in [3.05, 3.63) is 130 Å². The quantitative estimate of drug-likeness (QED) is 0.146. The third-order valence-electron chi connectivity index (χ3n) is 7.45. The second-order valence-corrected chi connectivity index (χ2v) is 13.4. The molecule has 0 aliphatic carbocycles. The number of rotatable bonds is 14. The highest BCUT2D eigenvalue weighted by Gasteiger charge is 2.35. The summed E-state index contributed by atoms with van der Waals surface area (Å²) in [5.41, 5.74) is 2.47. The Bertz CT molecular complexity index is 1700. The number of aryl methyl sites for hydroxylation is 1. The van der Waals surface area contributed by atoms with Crippen molar-refractivity contribution in [2.75, 3.05) is 17.4 Å². The van der Waals surface area contributed by atoms with Crippen LogP contribution in [0, 0.1) is 6.92 Å². The summed E-state index contributed by atoms with van der Waals surface area (Å²) in [6.07, 6.45) is 1.88. The van der Waals surface area contributed by atoms with Gasteiger partial charge in [0.15, 0.2) is 0 Å². The predicted molar refractivity (Wildman–Crippen MR) is 181 cm³/mol. The van der Waals surface area contributed by atoms with Crippen molar-refractivity contribution in [1.29, 1.82) is 0 Å². The van der Waals surface area contributed by atoms with Gasteiger partial charge in [-0.2, -0.15) is 0 Å². The first-order chi connectivity index (χ1) is 21.6. The molecule has 0 aliphatic rings. The molecule has 4 aromatic carbocycles. The molecule has 0 spiro atoms. The predicted octanol–water partition coefficient (Wildman–Crippen LogP) is 7.05. The molecule has 0 bridgehead atoms. The van der Waals surface area contributed by atoms with E-state index in [1.807, 2.05) is 44.2 Å². The number of hydrogen-bond acceptors (Lipinski definition) is 4. The Balaban J connectivity index is 1.81. The van der Waals surface area contributed by atoms with E-state index in [0.717, 1.165) is 28.3 Å². The van der Waals surface area contributed by atoms with Crippen LogP contribution in [0.2, 0.25) is 10.0 Å². The summed E-state index contributed by atoms with van der Waals surface area (Å²) in [4.78, 5) is 29.8. The molecule has 4 aromatic rings. The minimum Gasteiger partial charge on any atom is -0.354 e. The van der Waals surface area contributed by atoms with Gasteiger partial charge in [-0.05, 0) is 60.4 Å². The van der Waals surface area contributed by atoms with Crippen LogP contribution >= 0.6 is 23.2 Å². The lowest BCUT2D eigenvalue weighted by atomic mass is 10.0. The summed E-state index contributed by atoms with van der Waals surface area (Å²) in [5, 5.41) is 3.77. The van der Waals surface area contributed by atoms with E-state index in [4.69, 9.17) is 23.2 Å². The lowest BCUT2D eigenvalue weighted by Crippen LogP contribution is -2.53. The van der Waals surface area contributed by atoms with Crippen LogP contribution in [0.4, 0.5) is 5.69 Å². The minimum atomic E-state index is -4.22. The largest absolute Gasteiger partial charge is 0.354 e. The molecule has 0 saturated carbocycles. The molecule has 1 atom stereocenters. The normalized spacial score (nSPS) is 11.9. The van der Waals surface area contributed by atoms with Gasteiger partial charge in [-0.3, -0.25) is 13.9 Å². The van der Waals surface area contributed by atoms with E-state index < -0.39 is 28.5 Å². The van der Waals surface area contributed by atoms with Gasteiger partial charge < -0.3 is 10.2 Å². The maximum absolute atomic E-state index is 14.5. The molecule has 10 heteroatoms. The van der Waals surface area contributed by atoms with Gasteiger partial charge in [-0.1, -0.05) is 109 Å². The number of benzene rings is 4. The van der Waals surface area contributed by atoms with Gasteiger partial charge in [0.2, 0.25) is 11.8 Å². The van der Waals surface area contributed by atoms with Gasteiger partial charge in [-0.15, -0.1) is 0 Å². The van der Waals surface area contributed by atoms with Crippen molar-refractivity contribution >= 4 is 50.7 Å². The second-order valence-electron chi connectivity index (χ2n) is 10.7. The zero-order valence-corrected chi connectivity index (χ0v) is 27.7. The standard InChI is InChI=1S/C35H37Cl2N3O4S/c1-3-4-21-38-35(42)33(22-27-13-7-5-8-14-27)39(24-28-15-11-12-18-31(28)36)34(41)25-40(29-20-19-26(2)32(37)23-29)45(43,44)30-16-9-6-10-17-30/h5-20,23,33H,3-4,21-22,24-25H2,1-2H3,(H,38,42)/t33-/m1/s1. The second kappa shape index (κ2) is 15.9. The van der Waals surface area contributed by atoms with Gasteiger partial charge in [0.1, 0.15) is 12.6 Å². The van der Waals surface area contributed by atoms with Crippen LogP contribution in [-0.4, -0.2) is 44.3 Å². The van der Waals surface area contributed by atoms with Gasteiger partial charge in [-0.25, -0.2) is 8.42 Å². The number of carbonyl (C=O) groups excluding carboxylic acids is 2. The number of unbranched alkanes of at least 4 members (excludes halogenated alkanes) is 1. The van der Waals surface area contributed by atoms with Gasteiger partial charge in [0.25, 0.3) is 10.0 Å². The number of anilines is 1. The third kappa shape index (κ3) is 8.87. The van der Waals surface area contributed by atoms with Crippen molar-refractivity contribution < 1.29 is 18.0 Å². The topological polar surface area (TPSA) is 86.8 Å². The smallest absolute Gasteiger partial charge is 0.264 e. The maximum atomic E-state index is 14.5. The van der Waals surface area contributed by atoms with Gasteiger partial charge >= 0.3 is 0 Å². The lowest BCUT2D eigenvalue weighted by molar-refractivity contribution is -0.140. The number of amides is 2. The van der Waals surface area contributed by atoms with Crippen LogP contribution in [0.5, 0.6) is 0 Å². The fourth-order valence-electron chi connectivity index (χ4n) is 4.86. The van der Waals surface area contributed by atoms with E-state index in [2.05, 4.69) is 5.32 Å². The van der Waals surface area contributed by atoms with E-state index in [9.17, 15) is 18.0 Å². The van der Waals surface area contributed by atoms with Crippen molar-refractivity contribution in [2.45, 2.75) is 50.6 Å². The molecule has 0 heterocycles. The highest BCUT2D eigenvalue weighted by Crippen LogP contribution is 2.29. The van der Waals surface area contributed by atoms with Crippen LogP contribution < -0.4 is 9.62 Å². The Hall–Kier alpha value is -3.85. The summed E-state index contributed by atoms with van der Waals surface area (Å²) in [7, 11) is -4.22. The third-order valence-corrected chi connectivity index (χ3v) is 10.0. The van der Waals surface area contributed by atoms with E-state index >= 15 is 0 Å². The van der Waals surface area contributed by atoms with E-state index in [0.29, 0.717) is 22.2 Å². The average Bonchev–Trinajstić information content (AvgIpc) is 3.04. The molecular weight excluding hydrogens is 629 g/mol. The SMILES string of the molecule is CCCCNC(=O)[C@@H](Cc1ccccc1)N(Cc1ccccc1Cl)C(=O)CN(c1ccc(C)c(Cl)c1)S(=O)(=O)c1ccccc1. The zero-order chi connectivity index (χ0) is 32.4. The fourth-order valence-corrected chi connectivity index (χ4v) is 6.65. The number of carbonyl (C=O) groups is 2. The summed E-state index contributed by atoms with van der Waals surface area (Å²) in [6.45, 7) is 3.70. The summed E-state index contributed by atoms with van der Waals surface area (Å²) < 4.78 is 29.2. The molecule has 236 valence electrons. The number of nitrogens with zero attached hydrogens (tertiary/aromatic N) is 2. The number of hydrogen-bond donors (Lipinski definition) is 1. The summed E-state index contributed by atoms with van der Waals surface area (Å²) in [6, 6.07) is 28.3. The van der Waals surface area contributed by atoms with Crippen LogP contribution in [0.25, 0.3) is 0 Å². The van der Waals surface area contributed by atoms with Crippen LogP contribution in [-0.2, 0) is 32.6 Å². The van der Waals surface area contributed by atoms with E-state index in [-0.39, 0.29) is 29.5 Å². The maximum Gasteiger partial charge on any atom is 0.264 e. The zero-order valence-electron chi connectivity index (χ0n) is 25.3. The monoisotopic (exact) mass is 665 g/mol. The average molecular weight is 667 g/mol. The van der Waals surface area contributed by atoms with Gasteiger partial charge in [0.05, 0.1) is 10.6 Å². The molecule has 1 N–H and O–H groups in total. The highest BCUT2D eigenvalue weighted by atomic mass is 35.5. The molecule has 2 amide bonds. The first-order valence-corrected chi connectivity index (χ1v) is 17.0. The minimum absolute atomic E-state index is 0.00885. The molecule has 45 heavy (non-hydrogen) atoms. The van der Waals surface area contributed by atoms with E-state index in [1.54, 1.807) is 54.6 Å². The Morgan fingerprint density at radius 2 is 1.49 bits per heavy atom. The molecule has 0 unspecified atom stereocenters. The number of sulfonamides is 1. The van der Waals surface area contributed by atoms with Crippen molar-refractivity contribution in [3.63, 3.8) is 0 Å². The van der Waals surface area contributed by atoms with Crippen LogP contribution in [0.1, 0.15) is 36.5 Å². The lowest BCUT2D eigenvalue weighted by Gasteiger charge is -2.34. The molecule has 4 rings (SSSR count). The molecule has 0 fully saturated rings. The number of halogens is 2. The van der Waals surface area contributed by atoms with Crippen LogP contribution in [0.15, 0.2) is 108 Å². The van der Waals surface area contributed by atoms with E-state index in [1.165, 1.54) is 23.1 Å². The molecule has 0 aromatic heterocycles.